The summed E-state index contributed by atoms with van der Waals surface area (Å²) < 4.78 is 5.00. The van der Waals surface area contributed by atoms with E-state index in [0.29, 0.717) is 12.3 Å². The van der Waals surface area contributed by atoms with Gasteiger partial charge in [-0.05, 0) is 24.7 Å². The van der Waals surface area contributed by atoms with Crippen molar-refractivity contribution in [3.63, 3.8) is 0 Å². The van der Waals surface area contributed by atoms with Crippen molar-refractivity contribution in [2.45, 2.75) is 6.54 Å². The van der Waals surface area contributed by atoms with Gasteiger partial charge in [0.15, 0.2) is 0 Å². The fourth-order valence-corrected chi connectivity index (χ4v) is 1.36. The molecule has 88 valence electrons. The number of nitrogens with zero attached hydrogens (tertiary/aromatic N) is 2. The molecule has 5 heteroatoms. The van der Waals surface area contributed by atoms with E-state index in [1.54, 1.807) is 13.3 Å². The number of likely N-dealkylation sites (N-methyl/N-ethyl adjacent to an activating group) is 1. The van der Waals surface area contributed by atoms with E-state index in [1.165, 1.54) is 0 Å². The SMILES string of the molecule is COCCN(C)Cc1ccnc(C(=N)N)c1. The number of hydrogen-bond acceptors (Lipinski definition) is 4. The molecule has 1 rings (SSSR count). The van der Waals surface area contributed by atoms with Gasteiger partial charge in [0, 0.05) is 26.4 Å². The quantitative estimate of drug-likeness (QED) is 0.541. The highest BCUT2D eigenvalue weighted by Gasteiger charge is 2.03. The fourth-order valence-electron chi connectivity index (χ4n) is 1.36. The number of hydrogen-bond donors (Lipinski definition) is 2. The monoisotopic (exact) mass is 222 g/mol. The Morgan fingerprint density at radius 1 is 1.62 bits per heavy atom. The lowest BCUT2D eigenvalue weighted by atomic mass is 10.2. The molecule has 0 fully saturated rings. The van der Waals surface area contributed by atoms with Crippen molar-refractivity contribution in [3.05, 3.63) is 29.6 Å². The van der Waals surface area contributed by atoms with E-state index in [4.69, 9.17) is 15.9 Å². The summed E-state index contributed by atoms with van der Waals surface area (Å²) in [7, 11) is 3.71. The summed E-state index contributed by atoms with van der Waals surface area (Å²) in [6.07, 6.45) is 1.68. The van der Waals surface area contributed by atoms with E-state index < -0.39 is 0 Å². The Morgan fingerprint density at radius 2 is 2.38 bits per heavy atom. The van der Waals surface area contributed by atoms with Gasteiger partial charge < -0.3 is 10.5 Å². The molecule has 0 aliphatic rings. The fraction of sp³-hybridized carbons (Fsp3) is 0.455. The van der Waals surface area contributed by atoms with Gasteiger partial charge in [-0.25, -0.2) is 0 Å². The highest BCUT2D eigenvalue weighted by atomic mass is 16.5. The molecule has 16 heavy (non-hydrogen) atoms. The zero-order valence-electron chi connectivity index (χ0n) is 9.73. The van der Waals surface area contributed by atoms with Crippen LogP contribution in [0, 0.1) is 5.41 Å². The maximum absolute atomic E-state index is 7.31. The Bertz CT molecular complexity index is 354. The molecular formula is C11H18N4O. The van der Waals surface area contributed by atoms with Crippen LogP contribution in [0.3, 0.4) is 0 Å². The van der Waals surface area contributed by atoms with Gasteiger partial charge in [0.05, 0.1) is 6.61 Å². The van der Waals surface area contributed by atoms with E-state index in [0.717, 1.165) is 18.7 Å². The van der Waals surface area contributed by atoms with E-state index in [2.05, 4.69) is 9.88 Å². The molecule has 0 radical (unpaired) electrons. The number of ether oxygens (including phenoxy) is 1. The molecule has 5 nitrogen and oxygen atoms in total. The van der Waals surface area contributed by atoms with Gasteiger partial charge >= 0.3 is 0 Å². The molecule has 1 aromatic rings. The summed E-state index contributed by atoms with van der Waals surface area (Å²) in [5, 5.41) is 7.31. The first-order valence-corrected chi connectivity index (χ1v) is 5.10. The number of nitrogen functional groups attached to an aromatic ring is 1. The molecule has 0 amide bonds. The first-order chi connectivity index (χ1) is 7.63. The molecule has 0 bridgehead atoms. The first-order valence-electron chi connectivity index (χ1n) is 5.10. The molecule has 0 aromatic carbocycles. The normalized spacial score (nSPS) is 10.7. The minimum atomic E-state index is 0.00129. The van der Waals surface area contributed by atoms with Gasteiger partial charge in [-0.1, -0.05) is 0 Å². The summed E-state index contributed by atoms with van der Waals surface area (Å²) in [6, 6.07) is 3.77. The maximum Gasteiger partial charge on any atom is 0.141 e. The zero-order valence-corrected chi connectivity index (χ0v) is 9.73. The largest absolute Gasteiger partial charge is 0.383 e. The second-order valence-corrected chi connectivity index (χ2v) is 3.69. The Balaban J connectivity index is 2.59. The van der Waals surface area contributed by atoms with Gasteiger partial charge in [-0.2, -0.15) is 0 Å². The molecule has 1 heterocycles. The smallest absolute Gasteiger partial charge is 0.141 e. The molecule has 0 spiro atoms. The van der Waals surface area contributed by atoms with Crippen LogP contribution in [-0.2, 0) is 11.3 Å². The van der Waals surface area contributed by atoms with Crippen LogP contribution in [0.2, 0.25) is 0 Å². The standard InChI is InChI=1S/C11H18N4O/c1-15(5-6-16-2)8-9-3-4-14-10(7-9)11(12)13/h3-4,7H,5-6,8H2,1-2H3,(H3,12,13). The van der Waals surface area contributed by atoms with E-state index in [-0.39, 0.29) is 5.84 Å². The van der Waals surface area contributed by atoms with Crippen LogP contribution in [0.5, 0.6) is 0 Å². The van der Waals surface area contributed by atoms with Crippen molar-refractivity contribution in [2.24, 2.45) is 5.73 Å². The highest BCUT2D eigenvalue weighted by Crippen LogP contribution is 2.04. The van der Waals surface area contributed by atoms with Crippen LogP contribution >= 0.6 is 0 Å². The third-order valence-electron chi connectivity index (χ3n) is 2.23. The van der Waals surface area contributed by atoms with Crippen molar-refractivity contribution >= 4 is 5.84 Å². The molecule has 0 aliphatic heterocycles. The van der Waals surface area contributed by atoms with Crippen LogP contribution < -0.4 is 5.73 Å². The van der Waals surface area contributed by atoms with Gasteiger partial charge in [0.2, 0.25) is 0 Å². The topological polar surface area (TPSA) is 75.2 Å². The molecule has 0 saturated heterocycles. The Morgan fingerprint density at radius 3 is 3.00 bits per heavy atom. The average Bonchev–Trinajstić information content (AvgIpc) is 2.26. The Kier molecular flexibility index (Phi) is 4.88. The molecule has 1 aromatic heterocycles. The van der Waals surface area contributed by atoms with E-state index in [1.807, 2.05) is 19.2 Å². The summed E-state index contributed by atoms with van der Waals surface area (Å²) >= 11 is 0. The first kappa shape index (κ1) is 12.6. The van der Waals surface area contributed by atoms with Crippen molar-refractivity contribution in [1.82, 2.24) is 9.88 Å². The van der Waals surface area contributed by atoms with Gasteiger partial charge in [0.1, 0.15) is 11.5 Å². The van der Waals surface area contributed by atoms with Gasteiger partial charge in [0.25, 0.3) is 0 Å². The average molecular weight is 222 g/mol. The lowest BCUT2D eigenvalue weighted by molar-refractivity contribution is 0.158. The molecule has 0 saturated carbocycles. The number of rotatable bonds is 6. The molecule has 0 atom stereocenters. The Labute approximate surface area is 95.7 Å². The Hall–Kier alpha value is -1.46. The molecule has 3 N–H and O–H groups in total. The third kappa shape index (κ3) is 3.96. The number of amidine groups is 1. The predicted octanol–water partition coefficient (Wildman–Crippen LogP) is 0.444. The van der Waals surface area contributed by atoms with Gasteiger partial charge in [-0.15, -0.1) is 0 Å². The summed E-state index contributed by atoms with van der Waals surface area (Å²) in [5.41, 5.74) is 7.00. The molecular weight excluding hydrogens is 204 g/mol. The van der Waals surface area contributed by atoms with Crippen LogP contribution in [0.4, 0.5) is 0 Å². The summed E-state index contributed by atoms with van der Waals surface area (Å²) in [5.74, 6) is 0.00129. The van der Waals surface area contributed by atoms with Gasteiger partial charge in [-0.3, -0.25) is 15.3 Å². The number of nitrogens with two attached hydrogens (primary N) is 1. The number of methoxy groups -OCH3 is 1. The zero-order chi connectivity index (χ0) is 12.0. The third-order valence-corrected chi connectivity index (χ3v) is 2.23. The predicted molar refractivity (Wildman–Crippen MR) is 63.5 cm³/mol. The lowest BCUT2D eigenvalue weighted by Crippen LogP contribution is -2.22. The molecule has 0 aliphatic carbocycles. The minimum Gasteiger partial charge on any atom is -0.383 e. The second kappa shape index (κ2) is 6.19. The summed E-state index contributed by atoms with van der Waals surface area (Å²) in [6.45, 7) is 2.38. The molecule has 0 unspecified atom stereocenters. The van der Waals surface area contributed by atoms with Crippen molar-refractivity contribution in [2.75, 3.05) is 27.3 Å². The van der Waals surface area contributed by atoms with Crippen LogP contribution in [0.1, 0.15) is 11.3 Å². The van der Waals surface area contributed by atoms with Crippen molar-refractivity contribution in [3.8, 4) is 0 Å². The van der Waals surface area contributed by atoms with Crippen LogP contribution in [0.25, 0.3) is 0 Å². The van der Waals surface area contributed by atoms with Crippen molar-refractivity contribution in [1.29, 1.82) is 5.41 Å². The number of aromatic nitrogens is 1. The van der Waals surface area contributed by atoms with Crippen LogP contribution in [0.15, 0.2) is 18.3 Å². The summed E-state index contributed by atoms with van der Waals surface area (Å²) in [4.78, 5) is 6.16. The second-order valence-electron chi connectivity index (χ2n) is 3.69. The van der Waals surface area contributed by atoms with E-state index >= 15 is 0 Å². The van der Waals surface area contributed by atoms with E-state index in [9.17, 15) is 0 Å². The number of nitrogens with one attached hydrogen (secondary N) is 1. The number of pyridine rings is 1. The lowest BCUT2D eigenvalue weighted by Gasteiger charge is -2.16. The van der Waals surface area contributed by atoms with Crippen molar-refractivity contribution < 1.29 is 4.74 Å². The maximum atomic E-state index is 7.31. The van der Waals surface area contributed by atoms with Crippen LogP contribution in [-0.4, -0.2) is 43.0 Å². The highest BCUT2D eigenvalue weighted by molar-refractivity contribution is 5.93. The minimum absolute atomic E-state index is 0.00129.